The maximum absolute atomic E-state index is 13.0. The van der Waals surface area contributed by atoms with Gasteiger partial charge in [0.2, 0.25) is 0 Å². The van der Waals surface area contributed by atoms with Gasteiger partial charge in [0.25, 0.3) is 0 Å². The van der Waals surface area contributed by atoms with Crippen molar-refractivity contribution in [1.29, 1.82) is 0 Å². The van der Waals surface area contributed by atoms with Crippen LogP contribution < -0.4 is 0 Å². The number of hydrogen-bond acceptors (Lipinski definition) is 2. The van der Waals surface area contributed by atoms with Gasteiger partial charge in [0.05, 0.1) is 5.60 Å². The third kappa shape index (κ3) is 2.68. The first-order valence-electron chi connectivity index (χ1n) is 4.56. The van der Waals surface area contributed by atoms with Crippen molar-refractivity contribution in [2.24, 2.45) is 0 Å². The monoisotopic (exact) mass is 232 g/mol. The minimum Gasteiger partial charge on any atom is -0.385 e. The van der Waals surface area contributed by atoms with E-state index in [1.807, 2.05) is 0 Å². The Morgan fingerprint density at radius 3 is 2.60 bits per heavy atom. The average Bonchev–Trinajstić information content (AvgIpc) is 2.20. The van der Waals surface area contributed by atoms with Gasteiger partial charge in [-0.1, -0.05) is 11.6 Å². The van der Waals surface area contributed by atoms with Gasteiger partial charge in [0.15, 0.2) is 0 Å². The number of aliphatic hydroxyl groups excluding tert-OH is 1. The van der Waals surface area contributed by atoms with Gasteiger partial charge in [-0.15, -0.1) is 0 Å². The molecule has 2 nitrogen and oxygen atoms in total. The molecular formula is C11H14ClFO2. The van der Waals surface area contributed by atoms with Gasteiger partial charge in [-0.25, -0.2) is 4.39 Å². The summed E-state index contributed by atoms with van der Waals surface area (Å²) in [5, 5.41) is 10.3. The minimum atomic E-state index is -0.967. The van der Waals surface area contributed by atoms with E-state index in [4.69, 9.17) is 16.3 Å². The molecule has 1 unspecified atom stereocenters. The second-order valence-electron chi connectivity index (χ2n) is 3.88. The van der Waals surface area contributed by atoms with E-state index >= 15 is 0 Å². The lowest BCUT2D eigenvalue weighted by Crippen LogP contribution is -2.31. The van der Waals surface area contributed by atoms with Crippen LogP contribution in [0.2, 0.25) is 5.02 Å². The smallest absolute Gasteiger partial charge is 0.123 e. The summed E-state index contributed by atoms with van der Waals surface area (Å²) < 4.78 is 18.1. The Morgan fingerprint density at radius 1 is 1.47 bits per heavy atom. The topological polar surface area (TPSA) is 29.5 Å². The number of methoxy groups -OCH3 is 1. The van der Waals surface area contributed by atoms with Crippen LogP contribution in [0.15, 0.2) is 18.2 Å². The lowest BCUT2D eigenvalue weighted by molar-refractivity contribution is -0.0793. The van der Waals surface area contributed by atoms with Crippen LogP contribution in [-0.4, -0.2) is 17.8 Å². The third-order valence-corrected chi connectivity index (χ3v) is 2.78. The number of benzene rings is 1. The number of rotatable bonds is 3. The van der Waals surface area contributed by atoms with Gasteiger partial charge in [0, 0.05) is 17.7 Å². The molecule has 0 saturated carbocycles. The summed E-state index contributed by atoms with van der Waals surface area (Å²) in [7, 11) is 1.48. The summed E-state index contributed by atoms with van der Waals surface area (Å²) in [5.74, 6) is -0.430. The molecular weight excluding hydrogens is 219 g/mol. The van der Waals surface area contributed by atoms with E-state index in [9.17, 15) is 9.50 Å². The molecule has 0 bridgehead atoms. The van der Waals surface area contributed by atoms with Crippen LogP contribution in [0.5, 0.6) is 0 Å². The molecule has 0 heterocycles. The summed E-state index contributed by atoms with van der Waals surface area (Å²) in [6.45, 7) is 3.41. The maximum Gasteiger partial charge on any atom is 0.123 e. The molecule has 0 aliphatic rings. The summed E-state index contributed by atoms with van der Waals surface area (Å²) in [5.41, 5.74) is -0.472. The zero-order valence-corrected chi connectivity index (χ0v) is 9.68. The first-order chi connectivity index (χ1) is 6.88. The molecule has 84 valence electrons. The molecule has 0 amide bonds. The molecule has 0 aliphatic heterocycles. The van der Waals surface area contributed by atoms with Crippen LogP contribution in [0, 0.1) is 5.82 Å². The second-order valence-corrected chi connectivity index (χ2v) is 4.28. The Morgan fingerprint density at radius 2 is 2.07 bits per heavy atom. The lowest BCUT2D eigenvalue weighted by Gasteiger charge is -2.29. The highest BCUT2D eigenvalue weighted by molar-refractivity contribution is 6.31. The Labute approximate surface area is 93.6 Å². The third-order valence-electron chi connectivity index (χ3n) is 2.44. The molecule has 4 heteroatoms. The first kappa shape index (κ1) is 12.4. The zero-order chi connectivity index (χ0) is 11.6. The van der Waals surface area contributed by atoms with Crippen LogP contribution >= 0.6 is 11.6 Å². The Balaban J connectivity index is 3.10. The van der Waals surface area contributed by atoms with Crippen molar-refractivity contribution < 1.29 is 14.2 Å². The molecule has 0 aromatic heterocycles. The fraction of sp³-hybridized carbons (Fsp3) is 0.455. The van der Waals surface area contributed by atoms with Gasteiger partial charge in [-0.2, -0.15) is 0 Å². The van der Waals surface area contributed by atoms with Crippen molar-refractivity contribution in [2.75, 3.05) is 7.11 Å². The van der Waals surface area contributed by atoms with E-state index in [1.54, 1.807) is 13.8 Å². The molecule has 15 heavy (non-hydrogen) atoms. The fourth-order valence-electron chi connectivity index (χ4n) is 1.21. The molecule has 1 atom stereocenters. The Hall–Kier alpha value is -0.640. The molecule has 1 aromatic carbocycles. The predicted molar refractivity (Wildman–Crippen MR) is 57.5 cm³/mol. The van der Waals surface area contributed by atoms with E-state index in [0.717, 1.165) is 0 Å². The summed E-state index contributed by atoms with van der Waals surface area (Å²) in [4.78, 5) is 0. The molecule has 1 N–H and O–H groups in total. The second kappa shape index (κ2) is 4.47. The minimum absolute atomic E-state index is 0.328. The number of ether oxygens (including phenoxy) is 1. The summed E-state index contributed by atoms with van der Waals surface area (Å²) in [6, 6.07) is 3.88. The van der Waals surface area contributed by atoms with Gasteiger partial charge < -0.3 is 9.84 Å². The molecule has 0 aliphatic carbocycles. The van der Waals surface area contributed by atoms with Crippen molar-refractivity contribution in [3.63, 3.8) is 0 Å². The van der Waals surface area contributed by atoms with Crippen molar-refractivity contribution in [3.8, 4) is 0 Å². The van der Waals surface area contributed by atoms with Crippen LogP contribution in [0.25, 0.3) is 0 Å². The molecule has 1 rings (SSSR count). The normalized spacial score (nSPS) is 14.0. The van der Waals surface area contributed by atoms with Gasteiger partial charge in [-0.3, -0.25) is 0 Å². The van der Waals surface area contributed by atoms with Gasteiger partial charge in [-0.05, 0) is 32.0 Å². The number of aliphatic hydroxyl groups is 1. The summed E-state index contributed by atoms with van der Waals surface area (Å²) >= 11 is 5.87. The van der Waals surface area contributed by atoms with Crippen molar-refractivity contribution in [1.82, 2.24) is 0 Å². The van der Waals surface area contributed by atoms with E-state index in [0.29, 0.717) is 10.6 Å². The van der Waals surface area contributed by atoms with Crippen LogP contribution in [-0.2, 0) is 4.74 Å². The quantitative estimate of drug-likeness (QED) is 0.868. The van der Waals surface area contributed by atoms with Crippen LogP contribution in [0.4, 0.5) is 4.39 Å². The van der Waals surface area contributed by atoms with Crippen LogP contribution in [0.3, 0.4) is 0 Å². The van der Waals surface area contributed by atoms with E-state index < -0.39 is 17.5 Å². The summed E-state index contributed by atoms with van der Waals surface area (Å²) in [6.07, 6.45) is -0.967. The highest BCUT2D eigenvalue weighted by Crippen LogP contribution is 2.32. The Bertz CT molecular complexity index is 352. The number of halogens is 2. The van der Waals surface area contributed by atoms with E-state index in [2.05, 4.69) is 0 Å². The van der Waals surface area contributed by atoms with Gasteiger partial charge in [0.1, 0.15) is 11.9 Å². The maximum atomic E-state index is 13.0. The van der Waals surface area contributed by atoms with Crippen molar-refractivity contribution in [3.05, 3.63) is 34.6 Å². The molecule has 1 aromatic rings. The van der Waals surface area contributed by atoms with E-state index in [-0.39, 0.29) is 0 Å². The lowest BCUT2D eigenvalue weighted by atomic mass is 9.94. The van der Waals surface area contributed by atoms with Gasteiger partial charge >= 0.3 is 0 Å². The molecule has 0 spiro atoms. The Kier molecular flexibility index (Phi) is 3.71. The highest BCUT2D eigenvalue weighted by atomic mass is 35.5. The van der Waals surface area contributed by atoms with Crippen molar-refractivity contribution in [2.45, 2.75) is 25.6 Å². The predicted octanol–water partition coefficient (Wildman–Crippen LogP) is 2.94. The largest absolute Gasteiger partial charge is 0.385 e. The number of hydrogen-bond donors (Lipinski definition) is 1. The molecule has 0 saturated heterocycles. The standard InChI is InChI=1S/C11H14ClFO2/c1-11(2,15-3)10(14)8-6-7(13)4-5-9(8)12/h4-6,10,14H,1-3H3. The first-order valence-corrected chi connectivity index (χ1v) is 4.94. The molecule has 0 fully saturated rings. The molecule has 0 radical (unpaired) electrons. The highest BCUT2D eigenvalue weighted by Gasteiger charge is 2.30. The van der Waals surface area contributed by atoms with E-state index in [1.165, 1.54) is 25.3 Å². The zero-order valence-electron chi connectivity index (χ0n) is 8.92. The van der Waals surface area contributed by atoms with Crippen molar-refractivity contribution >= 4 is 11.6 Å². The van der Waals surface area contributed by atoms with Crippen LogP contribution in [0.1, 0.15) is 25.5 Å². The fourth-order valence-corrected chi connectivity index (χ4v) is 1.43. The average molecular weight is 233 g/mol. The SMILES string of the molecule is COC(C)(C)C(O)c1cc(F)ccc1Cl.